The number of hydrogen-bond acceptors (Lipinski definition) is 4. The Morgan fingerprint density at radius 1 is 1.12 bits per heavy atom. The standard InChI is InChI=1S/C20H19NO4/c22-19-17-11-24-18(19)9-21(17)20(23)25-10-16-14-7-3-1-5-12(14)13-6-2-4-8-15(13)16/h1-8,16-19,22H,9-11H2/t17-,18-,19+/m0/s1. The molecule has 2 bridgehead atoms. The van der Waals surface area contributed by atoms with Crippen LogP contribution in [0.25, 0.3) is 11.1 Å². The summed E-state index contributed by atoms with van der Waals surface area (Å²) in [7, 11) is 0. The van der Waals surface area contributed by atoms with Gasteiger partial charge >= 0.3 is 6.09 Å². The van der Waals surface area contributed by atoms with E-state index in [1.54, 1.807) is 4.90 Å². The van der Waals surface area contributed by atoms with Gasteiger partial charge in [0.1, 0.15) is 18.8 Å². The number of morpholine rings is 1. The summed E-state index contributed by atoms with van der Waals surface area (Å²) in [6.45, 7) is 1.09. The molecule has 2 heterocycles. The van der Waals surface area contributed by atoms with Gasteiger partial charge in [-0.05, 0) is 22.3 Å². The lowest BCUT2D eigenvalue weighted by molar-refractivity contribution is 0.0174. The van der Waals surface area contributed by atoms with Gasteiger partial charge < -0.3 is 14.6 Å². The van der Waals surface area contributed by atoms with Crippen molar-refractivity contribution in [1.82, 2.24) is 4.90 Å². The SMILES string of the molecule is O=C(OCC1c2ccccc2-c2ccccc21)N1C[C@@H]2OC[C@H]1[C@H]2O. The zero-order valence-electron chi connectivity index (χ0n) is 13.7. The molecular weight excluding hydrogens is 318 g/mol. The van der Waals surface area contributed by atoms with Gasteiger partial charge in [-0.2, -0.15) is 0 Å². The maximum absolute atomic E-state index is 12.5. The van der Waals surface area contributed by atoms with Crippen molar-refractivity contribution in [3.05, 3.63) is 59.7 Å². The molecule has 3 aliphatic rings. The van der Waals surface area contributed by atoms with Crippen LogP contribution >= 0.6 is 0 Å². The highest BCUT2D eigenvalue weighted by atomic mass is 16.6. The molecule has 0 aromatic heterocycles. The third kappa shape index (κ3) is 2.19. The predicted molar refractivity (Wildman–Crippen MR) is 91.3 cm³/mol. The molecule has 0 unspecified atom stereocenters. The van der Waals surface area contributed by atoms with E-state index in [9.17, 15) is 9.90 Å². The summed E-state index contributed by atoms with van der Waals surface area (Å²) in [5.41, 5.74) is 4.82. The molecule has 1 N–H and O–H groups in total. The van der Waals surface area contributed by atoms with Crippen LogP contribution < -0.4 is 0 Å². The third-order valence-corrected chi connectivity index (χ3v) is 5.60. The second-order valence-electron chi connectivity index (χ2n) is 6.89. The Morgan fingerprint density at radius 2 is 1.76 bits per heavy atom. The minimum atomic E-state index is -0.597. The number of amides is 1. The third-order valence-electron chi connectivity index (χ3n) is 5.60. The van der Waals surface area contributed by atoms with Gasteiger partial charge in [-0.3, -0.25) is 4.90 Å². The molecule has 5 rings (SSSR count). The number of ether oxygens (including phenoxy) is 2. The first-order valence-electron chi connectivity index (χ1n) is 8.65. The quantitative estimate of drug-likeness (QED) is 0.914. The van der Waals surface area contributed by atoms with Crippen molar-refractivity contribution in [2.75, 3.05) is 19.8 Å². The first-order valence-corrected chi connectivity index (χ1v) is 8.65. The molecule has 1 aliphatic carbocycles. The number of nitrogens with zero attached hydrogens (tertiary/aromatic N) is 1. The molecule has 128 valence electrons. The van der Waals surface area contributed by atoms with E-state index in [1.807, 2.05) is 24.3 Å². The van der Waals surface area contributed by atoms with Crippen molar-refractivity contribution in [2.45, 2.75) is 24.2 Å². The smallest absolute Gasteiger partial charge is 0.410 e. The Morgan fingerprint density at radius 3 is 2.32 bits per heavy atom. The number of carbonyl (C=O) groups is 1. The zero-order valence-corrected chi connectivity index (χ0v) is 13.7. The van der Waals surface area contributed by atoms with Crippen LogP contribution in [0.15, 0.2) is 48.5 Å². The zero-order chi connectivity index (χ0) is 17.0. The molecule has 0 radical (unpaired) electrons. The van der Waals surface area contributed by atoms with Crippen LogP contribution in [0, 0.1) is 0 Å². The highest BCUT2D eigenvalue weighted by Crippen LogP contribution is 2.44. The Balaban J connectivity index is 1.36. The van der Waals surface area contributed by atoms with Crippen molar-refractivity contribution in [3.63, 3.8) is 0 Å². The topological polar surface area (TPSA) is 59.0 Å². The van der Waals surface area contributed by atoms with Crippen LogP contribution in [0.3, 0.4) is 0 Å². The Labute approximate surface area is 145 Å². The molecule has 2 saturated heterocycles. The number of carbonyl (C=O) groups excluding carboxylic acids is 1. The number of fused-ring (bicyclic) bond motifs is 5. The molecule has 3 atom stereocenters. The lowest BCUT2D eigenvalue weighted by atomic mass is 9.98. The number of benzene rings is 2. The van der Waals surface area contributed by atoms with Crippen molar-refractivity contribution in [2.24, 2.45) is 0 Å². The van der Waals surface area contributed by atoms with Gasteiger partial charge in [0.15, 0.2) is 0 Å². The number of aliphatic hydroxyl groups is 1. The molecule has 0 saturated carbocycles. The molecular formula is C20H19NO4. The second kappa shape index (κ2) is 5.58. The van der Waals surface area contributed by atoms with E-state index in [4.69, 9.17) is 9.47 Å². The van der Waals surface area contributed by atoms with E-state index < -0.39 is 6.10 Å². The Hall–Kier alpha value is -2.37. The van der Waals surface area contributed by atoms with Crippen molar-refractivity contribution >= 4 is 6.09 Å². The number of rotatable bonds is 2. The van der Waals surface area contributed by atoms with Crippen molar-refractivity contribution < 1.29 is 19.4 Å². The highest BCUT2D eigenvalue weighted by Gasteiger charge is 2.50. The molecule has 2 fully saturated rings. The summed E-state index contributed by atoms with van der Waals surface area (Å²) in [5.74, 6) is 0.0531. The minimum Gasteiger partial charge on any atom is -0.448 e. The van der Waals surface area contributed by atoms with Gasteiger partial charge in [-0.15, -0.1) is 0 Å². The van der Waals surface area contributed by atoms with E-state index in [1.165, 1.54) is 22.3 Å². The van der Waals surface area contributed by atoms with Crippen LogP contribution in [-0.4, -0.2) is 54.1 Å². The maximum Gasteiger partial charge on any atom is 0.410 e. The van der Waals surface area contributed by atoms with Crippen molar-refractivity contribution in [3.8, 4) is 11.1 Å². The summed E-state index contributed by atoms with van der Waals surface area (Å²) in [4.78, 5) is 14.1. The lowest BCUT2D eigenvalue weighted by Crippen LogP contribution is -2.43. The normalized spacial score (nSPS) is 26.6. The monoisotopic (exact) mass is 337 g/mol. The van der Waals surface area contributed by atoms with E-state index in [2.05, 4.69) is 24.3 Å². The van der Waals surface area contributed by atoms with Gasteiger partial charge in [0.2, 0.25) is 0 Å². The van der Waals surface area contributed by atoms with E-state index in [0.717, 1.165) is 0 Å². The molecule has 2 aromatic rings. The highest BCUT2D eigenvalue weighted by molar-refractivity contribution is 5.79. The van der Waals surface area contributed by atoms with Crippen LogP contribution in [-0.2, 0) is 9.47 Å². The van der Waals surface area contributed by atoms with Crippen molar-refractivity contribution in [1.29, 1.82) is 0 Å². The molecule has 2 aliphatic heterocycles. The predicted octanol–water partition coefficient (Wildman–Crippen LogP) is 2.38. The first kappa shape index (κ1) is 14.9. The van der Waals surface area contributed by atoms with Gasteiger partial charge in [-0.1, -0.05) is 48.5 Å². The van der Waals surface area contributed by atoms with E-state index in [-0.39, 0.29) is 24.2 Å². The minimum absolute atomic E-state index is 0.0531. The largest absolute Gasteiger partial charge is 0.448 e. The van der Waals surface area contributed by atoms with Crippen LogP contribution in [0.5, 0.6) is 0 Å². The van der Waals surface area contributed by atoms with Gasteiger partial charge in [0.05, 0.1) is 19.2 Å². The summed E-state index contributed by atoms with van der Waals surface area (Å²) < 4.78 is 11.1. The molecule has 25 heavy (non-hydrogen) atoms. The second-order valence-corrected chi connectivity index (χ2v) is 6.89. The summed E-state index contributed by atoms with van der Waals surface area (Å²) in [6.07, 6.45) is -1.23. The molecule has 1 amide bonds. The van der Waals surface area contributed by atoms with Gasteiger partial charge in [0, 0.05) is 5.92 Å². The summed E-state index contributed by atoms with van der Waals surface area (Å²) >= 11 is 0. The molecule has 5 heteroatoms. The number of likely N-dealkylation sites (tertiary alicyclic amines) is 1. The maximum atomic E-state index is 12.5. The van der Waals surface area contributed by atoms with E-state index >= 15 is 0 Å². The van der Waals surface area contributed by atoms with Gasteiger partial charge in [0.25, 0.3) is 0 Å². The van der Waals surface area contributed by atoms with Crippen LogP contribution in [0.4, 0.5) is 4.79 Å². The van der Waals surface area contributed by atoms with E-state index in [0.29, 0.717) is 19.8 Å². The molecule has 0 spiro atoms. The fourth-order valence-electron chi connectivity index (χ4n) is 4.32. The fourth-order valence-corrected chi connectivity index (χ4v) is 4.32. The molecule has 5 nitrogen and oxygen atoms in total. The van der Waals surface area contributed by atoms with Crippen LogP contribution in [0.1, 0.15) is 17.0 Å². The summed E-state index contributed by atoms with van der Waals surface area (Å²) in [6, 6.07) is 16.3. The average molecular weight is 337 g/mol. The fraction of sp³-hybridized carbons (Fsp3) is 0.350. The van der Waals surface area contributed by atoms with Crippen LogP contribution in [0.2, 0.25) is 0 Å². The molecule has 2 aromatic carbocycles. The number of aliphatic hydroxyl groups excluding tert-OH is 1. The Bertz CT molecular complexity index is 790. The lowest BCUT2D eigenvalue weighted by Gasteiger charge is -2.26. The number of hydrogen-bond donors (Lipinski definition) is 1. The van der Waals surface area contributed by atoms with Gasteiger partial charge in [-0.25, -0.2) is 4.79 Å². The first-order chi connectivity index (χ1) is 12.2. The summed E-state index contributed by atoms with van der Waals surface area (Å²) in [5, 5.41) is 10.0. The Kier molecular flexibility index (Phi) is 3.33. The average Bonchev–Trinajstić information content (AvgIpc) is 3.28.